The molecule has 1 aromatic rings. The number of amides is 1. The molecule has 0 bridgehead atoms. The first-order valence-electron chi connectivity index (χ1n) is 7.32. The maximum Gasteiger partial charge on any atom is 0.314 e. The zero-order valence-electron chi connectivity index (χ0n) is 12.5. The predicted octanol–water partition coefficient (Wildman–Crippen LogP) is 2.26. The molecule has 0 unspecified atom stereocenters. The van der Waals surface area contributed by atoms with Gasteiger partial charge in [-0.25, -0.2) is 0 Å². The molecule has 1 aliphatic carbocycles. The van der Waals surface area contributed by atoms with Crippen molar-refractivity contribution in [1.82, 2.24) is 0 Å². The molecule has 1 fully saturated rings. The summed E-state index contributed by atoms with van der Waals surface area (Å²) in [5.41, 5.74) is 5.90. The average Bonchev–Trinajstić information content (AvgIpc) is 3.29. The third-order valence-corrected chi connectivity index (χ3v) is 4.57. The Morgan fingerprint density at radius 1 is 1.24 bits per heavy atom. The van der Waals surface area contributed by atoms with Gasteiger partial charge < -0.3 is 16.2 Å². The third kappa shape index (κ3) is 2.78. The topological polar surface area (TPSA) is 92.4 Å². The van der Waals surface area contributed by atoms with Crippen molar-refractivity contribution in [2.24, 2.45) is 5.73 Å². The number of nitrogens with one attached hydrogen (secondary N) is 1. The molecule has 1 saturated carbocycles. The number of carboxylic acids is 1. The average molecular weight is 290 g/mol. The molecule has 0 spiro atoms. The van der Waals surface area contributed by atoms with E-state index in [4.69, 9.17) is 5.73 Å². The number of carbonyl (C=O) groups excluding carboxylic acids is 1. The highest BCUT2D eigenvalue weighted by atomic mass is 16.4. The van der Waals surface area contributed by atoms with Crippen LogP contribution in [0.3, 0.4) is 0 Å². The first-order valence-corrected chi connectivity index (χ1v) is 7.32. The van der Waals surface area contributed by atoms with Crippen LogP contribution in [0.1, 0.15) is 45.1 Å². The molecule has 1 aliphatic rings. The maximum absolute atomic E-state index is 12.2. The summed E-state index contributed by atoms with van der Waals surface area (Å²) in [6.45, 7) is 3.77. The fourth-order valence-electron chi connectivity index (χ4n) is 2.45. The van der Waals surface area contributed by atoms with Crippen LogP contribution in [0.2, 0.25) is 0 Å². The first-order chi connectivity index (χ1) is 9.88. The lowest BCUT2D eigenvalue weighted by atomic mass is 9.93. The van der Waals surface area contributed by atoms with Crippen LogP contribution in [0.25, 0.3) is 0 Å². The number of hydrogen-bond donors (Lipinski definition) is 3. The second kappa shape index (κ2) is 5.48. The van der Waals surface area contributed by atoms with Crippen molar-refractivity contribution in [3.05, 3.63) is 29.8 Å². The van der Waals surface area contributed by atoms with Crippen LogP contribution in [0.5, 0.6) is 0 Å². The van der Waals surface area contributed by atoms with Crippen LogP contribution in [-0.4, -0.2) is 22.5 Å². The van der Waals surface area contributed by atoms with E-state index in [-0.39, 0.29) is 5.91 Å². The number of aliphatic carboxylic acids is 1. The molecule has 21 heavy (non-hydrogen) atoms. The van der Waals surface area contributed by atoms with E-state index in [9.17, 15) is 14.7 Å². The smallest absolute Gasteiger partial charge is 0.314 e. The van der Waals surface area contributed by atoms with Gasteiger partial charge in [0.25, 0.3) is 0 Å². The number of carbonyl (C=O) groups is 2. The summed E-state index contributed by atoms with van der Waals surface area (Å²) in [6, 6.07) is 7.02. The van der Waals surface area contributed by atoms with Crippen LogP contribution in [0.15, 0.2) is 24.3 Å². The van der Waals surface area contributed by atoms with E-state index in [1.165, 1.54) is 0 Å². The number of hydrogen-bond acceptors (Lipinski definition) is 3. The highest BCUT2D eigenvalue weighted by Crippen LogP contribution is 2.48. The molecule has 2 rings (SSSR count). The second-order valence-electron chi connectivity index (χ2n) is 5.78. The summed E-state index contributed by atoms with van der Waals surface area (Å²) in [4.78, 5) is 23.4. The minimum Gasteiger partial charge on any atom is -0.481 e. The summed E-state index contributed by atoms with van der Waals surface area (Å²) in [5.74, 6) is -0.989. The van der Waals surface area contributed by atoms with Crippen molar-refractivity contribution < 1.29 is 14.7 Å². The molecule has 114 valence electrons. The summed E-state index contributed by atoms with van der Waals surface area (Å²) in [5, 5.41) is 12.1. The third-order valence-electron chi connectivity index (χ3n) is 4.57. The van der Waals surface area contributed by atoms with Gasteiger partial charge in [0.1, 0.15) is 0 Å². The Bertz CT molecular complexity index is 543. The first kappa shape index (κ1) is 15.5. The number of rotatable bonds is 6. The fourth-order valence-corrected chi connectivity index (χ4v) is 2.45. The van der Waals surface area contributed by atoms with Crippen molar-refractivity contribution in [2.45, 2.75) is 50.5 Å². The van der Waals surface area contributed by atoms with Crippen LogP contribution < -0.4 is 11.1 Å². The van der Waals surface area contributed by atoms with Gasteiger partial charge in [0.2, 0.25) is 5.91 Å². The van der Waals surface area contributed by atoms with E-state index in [0.29, 0.717) is 31.4 Å². The second-order valence-corrected chi connectivity index (χ2v) is 5.78. The van der Waals surface area contributed by atoms with Gasteiger partial charge in [0.05, 0.1) is 11.0 Å². The van der Waals surface area contributed by atoms with Crippen LogP contribution in [-0.2, 0) is 15.0 Å². The SMILES string of the molecule is CCC(N)(CC)C(=O)Nc1ccc(C2(C(=O)O)CC2)cc1. The summed E-state index contributed by atoms with van der Waals surface area (Å²) in [7, 11) is 0. The molecular formula is C16H22N2O3. The summed E-state index contributed by atoms with van der Waals surface area (Å²) in [6.07, 6.45) is 2.47. The van der Waals surface area contributed by atoms with E-state index in [2.05, 4.69) is 5.32 Å². The number of anilines is 1. The Kier molecular flexibility index (Phi) is 4.05. The zero-order valence-corrected chi connectivity index (χ0v) is 12.5. The standard InChI is InChI=1S/C16H22N2O3/c1-3-16(17,4-2)13(19)18-12-7-5-11(6-8-12)15(9-10-15)14(20)21/h5-8H,3-4,9-10,17H2,1-2H3,(H,18,19)(H,20,21). The highest BCUT2D eigenvalue weighted by molar-refractivity contribution is 5.98. The van der Waals surface area contributed by atoms with E-state index >= 15 is 0 Å². The number of carboxylic acid groups (broad SMARTS) is 1. The lowest BCUT2D eigenvalue weighted by molar-refractivity contribution is -0.140. The normalized spacial score (nSPS) is 16.3. The highest BCUT2D eigenvalue weighted by Gasteiger charge is 2.51. The molecule has 1 aromatic carbocycles. The van der Waals surface area contributed by atoms with Gasteiger partial charge in [0, 0.05) is 5.69 Å². The number of nitrogens with two attached hydrogens (primary N) is 1. The summed E-state index contributed by atoms with van der Waals surface area (Å²) >= 11 is 0. The summed E-state index contributed by atoms with van der Waals surface area (Å²) < 4.78 is 0. The van der Waals surface area contributed by atoms with Gasteiger partial charge >= 0.3 is 5.97 Å². The van der Waals surface area contributed by atoms with Gasteiger partial charge in [0.15, 0.2) is 0 Å². The zero-order chi connectivity index (χ0) is 15.7. The number of benzene rings is 1. The van der Waals surface area contributed by atoms with E-state index in [1.54, 1.807) is 24.3 Å². The van der Waals surface area contributed by atoms with Gasteiger partial charge in [-0.05, 0) is 43.4 Å². The maximum atomic E-state index is 12.2. The molecule has 0 saturated heterocycles. The Hall–Kier alpha value is -1.88. The lowest BCUT2D eigenvalue weighted by Crippen LogP contribution is -2.50. The van der Waals surface area contributed by atoms with Crippen LogP contribution in [0, 0.1) is 0 Å². The lowest BCUT2D eigenvalue weighted by Gasteiger charge is -2.25. The molecule has 5 heteroatoms. The Morgan fingerprint density at radius 3 is 2.14 bits per heavy atom. The van der Waals surface area contributed by atoms with Crippen molar-refractivity contribution in [1.29, 1.82) is 0 Å². The molecule has 1 amide bonds. The molecule has 0 radical (unpaired) electrons. The van der Waals surface area contributed by atoms with Gasteiger partial charge in [-0.15, -0.1) is 0 Å². The minimum atomic E-state index is -0.864. The molecule has 5 nitrogen and oxygen atoms in total. The minimum absolute atomic E-state index is 0.209. The predicted molar refractivity (Wildman–Crippen MR) is 81.1 cm³/mol. The van der Waals surface area contributed by atoms with Gasteiger partial charge in [-0.1, -0.05) is 26.0 Å². The monoisotopic (exact) mass is 290 g/mol. The fraction of sp³-hybridized carbons (Fsp3) is 0.500. The Balaban J connectivity index is 2.10. The van der Waals surface area contributed by atoms with E-state index in [1.807, 2.05) is 13.8 Å². The molecule has 0 aliphatic heterocycles. The van der Waals surface area contributed by atoms with E-state index < -0.39 is 16.9 Å². The largest absolute Gasteiger partial charge is 0.481 e. The van der Waals surface area contributed by atoms with Gasteiger partial charge in [-0.3, -0.25) is 9.59 Å². The molecule has 0 aromatic heterocycles. The molecular weight excluding hydrogens is 268 g/mol. The van der Waals surface area contributed by atoms with Crippen LogP contribution >= 0.6 is 0 Å². The quantitative estimate of drug-likeness (QED) is 0.749. The van der Waals surface area contributed by atoms with Crippen molar-refractivity contribution in [3.8, 4) is 0 Å². The van der Waals surface area contributed by atoms with Crippen molar-refractivity contribution in [2.75, 3.05) is 5.32 Å². The van der Waals surface area contributed by atoms with Crippen molar-refractivity contribution >= 4 is 17.6 Å². The molecule has 0 heterocycles. The molecule has 4 N–H and O–H groups in total. The van der Waals surface area contributed by atoms with Gasteiger partial charge in [-0.2, -0.15) is 0 Å². The van der Waals surface area contributed by atoms with Crippen molar-refractivity contribution in [3.63, 3.8) is 0 Å². The Labute approximate surface area is 124 Å². The Morgan fingerprint density at radius 2 is 1.76 bits per heavy atom. The molecule has 0 atom stereocenters. The van der Waals surface area contributed by atoms with E-state index in [0.717, 1.165) is 5.56 Å². The van der Waals surface area contributed by atoms with Crippen LogP contribution in [0.4, 0.5) is 5.69 Å².